The zero-order valence-corrected chi connectivity index (χ0v) is 15.1. The Labute approximate surface area is 164 Å². The SMILES string of the molecule is NC(=O)Cc1ccc2c(O)n(CC3(c4ccc(F)cc4)NC(=O)NC3=O)cc2c1. The number of carbonyl (C=O) groups excluding carboxylic acids is 3. The number of urea groups is 1. The van der Waals surface area contributed by atoms with Gasteiger partial charge in [-0.2, -0.15) is 0 Å². The minimum absolute atomic E-state index is 0.0554. The lowest BCUT2D eigenvalue weighted by atomic mass is 9.89. The number of carbonyl (C=O) groups is 3. The van der Waals surface area contributed by atoms with Gasteiger partial charge in [0.25, 0.3) is 5.91 Å². The summed E-state index contributed by atoms with van der Waals surface area (Å²) in [6.45, 7) is -0.123. The summed E-state index contributed by atoms with van der Waals surface area (Å²) in [4.78, 5) is 35.7. The number of aromatic nitrogens is 1. The van der Waals surface area contributed by atoms with Crippen LogP contribution in [0.3, 0.4) is 0 Å². The second-order valence-corrected chi connectivity index (χ2v) is 6.97. The van der Waals surface area contributed by atoms with Crippen LogP contribution >= 0.6 is 0 Å². The highest BCUT2D eigenvalue weighted by Gasteiger charge is 2.48. The number of benzene rings is 2. The first-order valence-corrected chi connectivity index (χ1v) is 8.77. The highest BCUT2D eigenvalue weighted by molar-refractivity contribution is 6.07. The monoisotopic (exact) mass is 396 g/mol. The third kappa shape index (κ3) is 3.16. The van der Waals surface area contributed by atoms with E-state index in [-0.39, 0.29) is 18.8 Å². The summed E-state index contributed by atoms with van der Waals surface area (Å²) in [7, 11) is 0. The topological polar surface area (TPSA) is 126 Å². The number of primary amides is 1. The van der Waals surface area contributed by atoms with E-state index in [1.54, 1.807) is 24.4 Å². The Morgan fingerprint density at radius 1 is 1.17 bits per heavy atom. The van der Waals surface area contributed by atoms with Crippen LogP contribution < -0.4 is 16.4 Å². The van der Waals surface area contributed by atoms with E-state index >= 15 is 0 Å². The molecule has 8 nitrogen and oxygen atoms in total. The van der Waals surface area contributed by atoms with Gasteiger partial charge in [-0.05, 0) is 35.4 Å². The Hall–Kier alpha value is -3.88. The molecule has 0 bridgehead atoms. The predicted octanol–water partition coefficient (Wildman–Crippen LogP) is 1.25. The van der Waals surface area contributed by atoms with Crippen LogP contribution in [0, 0.1) is 5.82 Å². The fourth-order valence-electron chi connectivity index (χ4n) is 3.63. The quantitative estimate of drug-likeness (QED) is 0.484. The van der Waals surface area contributed by atoms with Crippen molar-refractivity contribution < 1.29 is 23.9 Å². The van der Waals surface area contributed by atoms with Gasteiger partial charge < -0.3 is 20.7 Å². The second kappa shape index (κ2) is 6.62. The number of halogens is 1. The van der Waals surface area contributed by atoms with Gasteiger partial charge in [-0.3, -0.25) is 14.9 Å². The third-order valence-corrected chi connectivity index (χ3v) is 4.99. The minimum atomic E-state index is -1.52. The summed E-state index contributed by atoms with van der Waals surface area (Å²) in [6, 6.07) is 9.56. The summed E-state index contributed by atoms with van der Waals surface area (Å²) < 4.78 is 14.8. The van der Waals surface area contributed by atoms with Crippen molar-refractivity contribution in [1.82, 2.24) is 15.2 Å². The minimum Gasteiger partial charge on any atom is -0.494 e. The number of imide groups is 1. The molecule has 2 heterocycles. The zero-order valence-electron chi connectivity index (χ0n) is 15.1. The van der Waals surface area contributed by atoms with Gasteiger partial charge >= 0.3 is 6.03 Å². The molecule has 1 aliphatic heterocycles. The maximum absolute atomic E-state index is 13.4. The molecule has 1 fully saturated rings. The molecule has 0 spiro atoms. The Morgan fingerprint density at radius 2 is 1.90 bits per heavy atom. The molecule has 0 radical (unpaired) electrons. The van der Waals surface area contributed by atoms with E-state index in [0.717, 1.165) is 0 Å². The van der Waals surface area contributed by atoms with Crippen molar-refractivity contribution in [2.75, 3.05) is 0 Å². The van der Waals surface area contributed by atoms with Gasteiger partial charge in [-0.25, -0.2) is 9.18 Å². The molecule has 1 saturated heterocycles. The number of nitrogens with two attached hydrogens (primary N) is 1. The van der Waals surface area contributed by atoms with Crippen molar-refractivity contribution in [2.24, 2.45) is 5.73 Å². The molecule has 5 N–H and O–H groups in total. The van der Waals surface area contributed by atoms with Crippen molar-refractivity contribution in [2.45, 2.75) is 18.5 Å². The molecule has 2 aromatic carbocycles. The summed E-state index contributed by atoms with van der Waals surface area (Å²) in [6.07, 6.45) is 1.66. The predicted molar refractivity (Wildman–Crippen MR) is 101 cm³/mol. The van der Waals surface area contributed by atoms with Crippen LogP contribution in [0.2, 0.25) is 0 Å². The van der Waals surface area contributed by atoms with Gasteiger partial charge in [-0.1, -0.05) is 18.2 Å². The molecule has 148 valence electrons. The second-order valence-electron chi connectivity index (χ2n) is 6.97. The van der Waals surface area contributed by atoms with Gasteiger partial charge in [0.05, 0.1) is 13.0 Å². The average molecular weight is 396 g/mol. The van der Waals surface area contributed by atoms with Crippen LogP contribution in [0.5, 0.6) is 5.88 Å². The lowest BCUT2D eigenvalue weighted by molar-refractivity contribution is -0.124. The molecular formula is C20H17FN4O4. The highest BCUT2D eigenvalue weighted by Crippen LogP contribution is 2.33. The van der Waals surface area contributed by atoms with E-state index in [2.05, 4.69) is 10.6 Å². The van der Waals surface area contributed by atoms with Crippen LogP contribution in [-0.4, -0.2) is 27.5 Å². The Kier molecular flexibility index (Phi) is 4.22. The molecule has 0 saturated carbocycles. The Balaban J connectivity index is 1.78. The number of aromatic hydroxyl groups is 1. The normalized spacial score (nSPS) is 18.7. The number of nitrogens with zero attached hydrogens (tertiary/aromatic N) is 1. The number of amides is 4. The van der Waals surface area contributed by atoms with Crippen molar-refractivity contribution in [3.63, 3.8) is 0 Å². The fraction of sp³-hybridized carbons (Fsp3) is 0.150. The molecule has 1 aliphatic rings. The largest absolute Gasteiger partial charge is 0.494 e. The first-order chi connectivity index (χ1) is 13.8. The number of fused-ring (bicyclic) bond motifs is 1. The number of hydrogen-bond donors (Lipinski definition) is 4. The molecule has 9 heteroatoms. The van der Waals surface area contributed by atoms with E-state index in [4.69, 9.17) is 5.73 Å². The molecule has 1 atom stereocenters. The molecule has 4 rings (SSSR count). The molecule has 1 aromatic heterocycles. The van der Waals surface area contributed by atoms with Crippen LogP contribution in [0.4, 0.5) is 9.18 Å². The van der Waals surface area contributed by atoms with Crippen LogP contribution in [0.1, 0.15) is 11.1 Å². The van der Waals surface area contributed by atoms with Gasteiger partial charge in [-0.15, -0.1) is 0 Å². The third-order valence-electron chi connectivity index (χ3n) is 4.99. The van der Waals surface area contributed by atoms with Crippen molar-refractivity contribution in [3.05, 3.63) is 65.6 Å². The van der Waals surface area contributed by atoms with Gasteiger partial charge in [0.1, 0.15) is 5.82 Å². The molecule has 29 heavy (non-hydrogen) atoms. The number of hydrogen-bond acceptors (Lipinski definition) is 4. The van der Waals surface area contributed by atoms with Crippen LogP contribution in [0.25, 0.3) is 10.8 Å². The fourth-order valence-corrected chi connectivity index (χ4v) is 3.63. The lowest BCUT2D eigenvalue weighted by Crippen LogP contribution is -2.47. The smallest absolute Gasteiger partial charge is 0.322 e. The first-order valence-electron chi connectivity index (χ1n) is 8.77. The van der Waals surface area contributed by atoms with Crippen LogP contribution in [0.15, 0.2) is 48.7 Å². The molecule has 4 amide bonds. The average Bonchev–Trinajstić information content (AvgIpc) is 3.11. The van der Waals surface area contributed by atoms with Gasteiger partial charge in [0.2, 0.25) is 5.91 Å². The zero-order chi connectivity index (χ0) is 20.8. The summed E-state index contributed by atoms with van der Waals surface area (Å²) >= 11 is 0. The Bertz CT molecular complexity index is 1160. The van der Waals surface area contributed by atoms with Gasteiger partial charge in [0.15, 0.2) is 11.4 Å². The lowest BCUT2D eigenvalue weighted by Gasteiger charge is -2.27. The van der Waals surface area contributed by atoms with E-state index in [0.29, 0.717) is 21.9 Å². The van der Waals surface area contributed by atoms with E-state index in [1.165, 1.54) is 28.8 Å². The summed E-state index contributed by atoms with van der Waals surface area (Å²) in [5.74, 6) is -1.68. The maximum Gasteiger partial charge on any atom is 0.322 e. The van der Waals surface area contributed by atoms with Gasteiger partial charge in [0, 0.05) is 17.0 Å². The standard InChI is InChI=1S/C20H17FN4O4/c21-14-4-2-13(3-5-14)20(18(28)23-19(29)24-20)10-25-9-12-7-11(8-16(22)26)1-6-15(12)17(25)27/h1-7,9,27H,8,10H2,(H2,22,26)(H2,23,24,28,29). The van der Waals surface area contributed by atoms with Crippen molar-refractivity contribution in [3.8, 4) is 5.88 Å². The number of rotatable bonds is 5. The molecule has 3 aromatic rings. The molecule has 0 aliphatic carbocycles. The first kappa shape index (κ1) is 18.5. The van der Waals surface area contributed by atoms with E-state index in [9.17, 15) is 23.9 Å². The van der Waals surface area contributed by atoms with Crippen molar-refractivity contribution >= 4 is 28.6 Å². The van der Waals surface area contributed by atoms with E-state index in [1.807, 2.05) is 0 Å². The molecular weight excluding hydrogens is 379 g/mol. The van der Waals surface area contributed by atoms with E-state index < -0.39 is 29.2 Å². The molecule has 1 unspecified atom stereocenters. The summed E-state index contributed by atoms with van der Waals surface area (Å²) in [5.41, 5.74) is 4.76. The van der Waals surface area contributed by atoms with Crippen molar-refractivity contribution in [1.29, 1.82) is 0 Å². The highest BCUT2D eigenvalue weighted by atomic mass is 19.1. The number of nitrogens with one attached hydrogen (secondary N) is 2. The van der Waals surface area contributed by atoms with Crippen LogP contribution in [-0.2, 0) is 28.1 Å². The summed E-state index contributed by atoms with van der Waals surface area (Å²) in [5, 5.41) is 16.6. The maximum atomic E-state index is 13.4. The Morgan fingerprint density at radius 3 is 2.52 bits per heavy atom.